The number of ketones is 2. The molecule has 8 nitrogen and oxygen atoms in total. The van der Waals surface area contributed by atoms with Crippen molar-refractivity contribution in [3.63, 3.8) is 0 Å². The van der Waals surface area contributed by atoms with Crippen molar-refractivity contribution in [1.29, 1.82) is 0 Å². The van der Waals surface area contributed by atoms with E-state index in [9.17, 15) is 33.1 Å². The summed E-state index contributed by atoms with van der Waals surface area (Å²) in [4.78, 5) is 45.4. The highest BCUT2D eigenvalue weighted by molar-refractivity contribution is 6.74. The highest BCUT2D eigenvalue weighted by atomic mass is 28.4. The van der Waals surface area contributed by atoms with Gasteiger partial charge in [0, 0.05) is 24.7 Å². The number of carbonyl (C=O) groups excluding carboxylic acids is 4. The predicted octanol–water partition coefficient (Wildman–Crippen LogP) is 1.92. The van der Waals surface area contributed by atoms with Crippen molar-refractivity contribution in [3.8, 4) is 0 Å². The van der Waals surface area contributed by atoms with E-state index in [4.69, 9.17) is 4.43 Å². The lowest BCUT2D eigenvalue weighted by Gasteiger charge is -2.39. The minimum absolute atomic E-state index is 0.0206. The fourth-order valence-electron chi connectivity index (χ4n) is 5.04. The van der Waals surface area contributed by atoms with Crippen molar-refractivity contribution in [2.75, 3.05) is 14.2 Å². The number of aliphatic hydroxyl groups is 1. The zero-order chi connectivity index (χ0) is 25.3. The van der Waals surface area contributed by atoms with Gasteiger partial charge in [0.05, 0.1) is 38.3 Å². The lowest BCUT2D eigenvalue weighted by Crippen LogP contribution is -2.45. The van der Waals surface area contributed by atoms with Crippen LogP contribution in [0.5, 0.6) is 0 Å². The van der Waals surface area contributed by atoms with Gasteiger partial charge >= 0.3 is 11.9 Å². The number of hydrogen-bond donors (Lipinski definition) is 1. The summed E-state index contributed by atoms with van der Waals surface area (Å²) < 4.78 is 43.1. The molecule has 0 aromatic heterocycles. The molecule has 4 aliphatic rings. The van der Waals surface area contributed by atoms with Gasteiger partial charge < -0.3 is 19.0 Å². The Morgan fingerprint density at radius 1 is 0.939 bits per heavy atom. The van der Waals surface area contributed by atoms with E-state index in [1.807, 2.05) is 0 Å². The molecular formula is C22H32F2O8Si. The van der Waals surface area contributed by atoms with Gasteiger partial charge in [-0.1, -0.05) is 20.8 Å². The summed E-state index contributed by atoms with van der Waals surface area (Å²) in [5, 5.41) is 9.20. The van der Waals surface area contributed by atoms with Crippen LogP contribution < -0.4 is 0 Å². The van der Waals surface area contributed by atoms with Gasteiger partial charge in [0.2, 0.25) is 11.3 Å². The number of hydrogen-bond acceptors (Lipinski definition) is 8. The summed E-state index contributed by atoms with van der Waals surface area (Å²) in [6, 6.07) is 0. The molecule has 4 saturated carbocycles. The van der Waals surface area contributed by atoms with Crippen molar-refractivity contribution in [1.82, 2.24) is 0 Å². The minimum Gasteiger partial charge on any atom is -0.467 e. The van der Waals surface area contributed by atoms with E-state index in [-0.39, 0.29) is 29.4 Å². The third-order valence-corrected chi connectivity index (χ3v) is 12.5. The summed E-state index contributed by atoms with van der Waals surface area (Å²) in [5.74, 6) is -5.93. The molecule has 0 bridgehead atoms. The molecule has 4 fully saturated rings. The molecule has 0 saturated heterocycles. The van der Waals surface area contributed by atoms with E-state index in [1.54, 1.807) is 0 Å². The maximum absolute atomic E-state index is 14.6. The van der Waals surface area contributed by atoms with Gasteiger partial charge in [-0.2, -0.15) is 0 Å². The molecule has 0 unspecified atom stereocenters. The molecule has 4 rings (SSSR count). The van der Waals surface area contributed by atoms with E-state index in [0.29, 0.717) is 0 Å². The molecule has 1 N–H and O–H groups in total. The number of methoxy groups -OCH3 is 2. The van der Waals surface area contributed by atoms with Gasteiger partial charge in [0.15, 0.2) is 8.32 Å². The van der Waals surface area contributed by atoms with Crippen LogP contribution in [0, 0.1) is 23.7 Å². The number of Topliss-reactive ketones (excluding diaryl/α,β-unsaturated/α-hetero) is 2. The van der Waals surface area contributed by atoms with Crippen LogP contribution >= 0.6 is 0 Å². The second-order valence-corrected chi connectivity index (χ2v) is 15.6. The van der Waals surface area contributed by atoms with E-state index >= 15 is 0 Å². The summed E-state index contributed by atoms with van der Waals surface area (Å²) in [6.07, 6.45) is -1.35. The molecule has 0 aliphatic heterocycles. The molecule has 11 heteroatoms. The van der Waals surface area contributed by atoms with Crippen molar-refractivity contribution in [3.05, 3.63) is 0 Å². The number of ether oxygens (including phenoxy) is 2. The average Bonchev–Trinajstić information content (AvgIpc) is 3.43. The van der Waals surface area contributed by atoms with E-state index in [0.717, 1.165) is 14.2 Å². The van der Waals surface area contributed by atoms with Crippen LogP contribution in [0.1, 0.15) is 33.6 Å². The Balaban J connectivity index is 0.000000203. The van der Waals surface area contributed by atoms with Gasteiger partial charge in [0.1, 0.15) is 11.6 Å². The normalized spacial score (nSPS) is 40.9. The second-order valence-electron chi connectivity index (χ2n) is 10.9. The zero-order valence-corrected chi connectivity index (χ0v) is 20.9. The summed E-state index contributed by atoms with van der Waals surface area (Å²) >= 11 is 0. The Morgan fingerprint density at radius 2 is 1.36 bits per heavy atom. The number of aliphatic hydroxyl groups excluding tert-OH is 1. The maximum atomic E-state index is 14.6. The first-order valence-corrected chi connectivity index (χ1v) is 13.9. The molecule has 0 amide bonds. The van der Waals surface area contributed by atoms with Crippen LogP contribution in [0.2, 0.25) is 18.1 Å². The first kappa shape index (κ1) is 25.9. The van der Waals surface area contributed by atoms with Crippen LogP contribution in [0.4, 0.5) is 8.78 Å². The Bertz CT molecular complexity index is 886. The maximum Gasteiger partial charge on any atom is 0.344 e. The Kier molecular flexibility index (Phi) is 6.21. The first-order valence-electron chi connectivity index (χ1n) is 11.0. The van der Waals surface area contributed by atoms with Crippen molar-refractivity contribution < 1.29 is 47.0 Å². The highest BCUT2D eigenvalue weighted by Gasteiger charge is 2.81. The summed E-state index contributed by atoms with van der Waals surface area (Å²) in [6.45, 7) is 10.4. The minimum atomic E-state index is -2.25. The lowest BCUT2D eigenvalue weighted by molar-refractivity contribution is -0.152. The molecule has 0 aromatic carbocycles. The van der Waals surface area contributed by atoms with Crippen LogP contribution in [-0.4, -0.2) is 74.7 Å². The monoisotopic (exact) mass is 490 g/mol. The average molecular weight is 491 g/mol. The van der Waals surface area contributed by atoms with Gasteiger partial charge in [0.25, 0.3) is 0 Å². The first-order chi connectivity index (χ1) is 15.0. The van der Waals surface area contributed by atoms with Gasteiger partial charge in [-0.25, -0.2) is 18.4 Å². The number of fused-ring (bicyclic) bond motifs is 2. The van der Waals surface area contributed by atoms with Gasteiger partial charge in [-0.05, 0) is 18.1 Å². The largest absolute Gasteiger partial charge is 0.467 e. The van der Waals surface area contributed by atoms with Gasteiger partial charge in [-0.3, -0.25) is 9.59 Å². The zero-order valence-electron chi connectivity index (χ0n) is 19.9. The second kappa shape index (κ2) is 7.91. The fourth-order valence-corrected chi connectivity index (χ4v) is 6.38. The molecular weight excluding hydrogens is 458 g/mol. The Morgan fingerprint density at radius 3 is 1.76 bits per heavy atom. The standard InChI is InChI=1S/C14H23FO4Si.C8H9FO4/c1-13(2,3)20(5,6)19-9-7-8(16)10-11(9)14(10,15)12(17)18-4;1-13-7(12)8(9)5-3(10)2-4(11)6(5)8/h9-11H,7H2,1-6H3;3,5-6,10H,2H2,1H3/t9-,10-,11+,14-;3-,5+,6-,8+/m11/s1. The quantitative estimate of drug-likeness (QED) is 0.469. The van der Waals surface area contributed by atoms with Crippen LogP contribution in [0.3, 0.4) is 0 Å². The molecule has 0 heterocycles. The number of halogens is 2. The lowest BCUT2D eigenvalue weighted by atomic mass is 10.1. The number of carbonyl (C=O) groups is 4. The molecule has 0 aromatic rings. The number of rotatable bonds is 4. The summed E-state index contributed by atoms with van der Waals surface area (Å²) in [7, 11) is 0.116. The van der Waals surface area contributed by atoms with Gasteiger partial charge in [-0.15, -0.1) is 0 Å². The summed E-state index contributed by atoms with van der Waals surface area (Å²) in [5.41, 5.74) is -4.40. The molecule has 8 atom stereocenters. The van der Waals surface area contributed by atoms with Crippen molar-refractivity contribution >= 4 is 31.8 Å². The third-order valence-electron chi connectivity index (χ3n) is 7.95. The van der Waals surface area contributed by atoms with Crippen LogP contribution in [-0.2, 0) is 33.1 Å². The third kappa shape index (κ3) is 3.76. The Hall–Kier alpha value is -1.72. The smallest absolute Gasteiger partial charge is 0.344 e. The van der Waals surface area contributed by atoms with Crippen molar-refractivity contribution in [2.24, 2.45) is 23.7 Å². The molecule has 33 heavy (non-hydrogen) atoms. The Labute approximate surface area is 192 Å². The van der Waals surface area contributed by atoms with Crippen LogP contribution in [0.25, 0.3) is 0 Å². The topological polar surface area (TPSA) is 116 Å². The van der Waals surface area contributed by atoms with E-state index in [2.05, 4.69) is 43.3 Å². The van der Waals surface area contributed by atoms with E-state index in [1.165, 1.54) is 0 Å². The number of esters is 2. The van der Waals surface area contributed by atoms with E-state index < -0.39 is 67.5 Å². The molecule has 0 radical (unpaired) electrons. The number of alkyl halides is 2. The molecule has 4 aliphatic carbocycles. The van der Waals surface area contributed by atoms with Crippen molar-refractivity contribution in [2.45, 2.75) is 75.3 Å². The fraction of sp³-hybridized carbons (Fsp3) is 0.818. The molecule has 0 spiro atoms. The predicted molar refractivity (Wildman–Crippen MR) is 113 cm³/mol. The highest BCUT2D eigenvalue weighted by Crippen LogP contribution is 2.64. The SMILES string of the molecule is COC(=O)[C@]1(F)[C@@H]2[C@H]1C(=O)C[C@H]2O[Si](C)(C)C(C)(C)C.COC(=O)[C@]1(F)[C@H]2[C@H](O)CC(=O)[C@H]21. The van der Waals surface area contributed by atoms with Crippen LogP contribution in [0.15, 0.2) is 0 Å². The molecule has 186 valence electrons.